The molecule has 3 aromatic carbocycles. The van der Waals surface area contributed by atoms with Crippen LogP contribution in [-0.4, -0.2) is 87.9 Å². The fourth-order valence-electron chi connectivity index (χ4n) is 7.09. The molecule has 0 saturated carbocycles. The fourth-order valence-corrected chi connectivity index (χ4v) is 8.38. The van der Waals surface area contributed by atoms with Crippen LogP contribution in [0.3, 0.4) is 0 Å². The number of hydrogen-bond acceptors (Lipinski definition) is 13. The van der Waals surface area contributed by atoms with Crippen LogP contribution in [0.5, 0.6) is 17.4 Å². The molecule has 6 aromatic rings. The normalized spacial score (nSPS) is 17.7. The van der Waals surface area contributed by atoms with E-state index in [1.165, 1.54) is 33.8 Å². The standard InChI is InChI=1S/C35H30N8O10S/c44-33-27-17-25-24-8-4-5-9-26(24)36-30(25)31(21-10-11-28-29(16-21)52-20-51-28)42(27)35(45)41(33)19-22-18-40(39-37-22)12-13-49-14-15-50-32-34(43(46)53-38-32)54(47,48)23-6-2-1-3-7-23/h1-11,16,18,27,31,36H,12-15,17,19-20H2/t27-,31+/m0/s1. The molecule has 3 aliphatic rings. The van der Waals surface area contributed by atoms with Gasteiger partial charge in [0.25, 0.3) is 15.7 Å². The summed E-state index contributed by atoms with van der Waals surface area (Å²) in [6, 6.07) is 19.1. The van der Waals surface area contributed by atoms with Gasteiger partial charge in [-0.3, -0.25) is 19.2 Å². The highest BCUT2D eigenvalue weighted by Gasteiger charge is 2.53. The van der Waals surface area contributed by atoms with Gasteiger partial charge in [-0.2, -0.15) is 0 Å². The lowest BCUT2D eigenvalue weighted by Crippen LogP contribution is -2.44. The van der Waals surface area contributed by atoms with Crippen molar-refractivity contribution in [2.75, 3.05) is 26.6 Å². The first-order chi connectivity index (χ1) is 26.3. The molecule has 3 aromatic heterocycles. The molecule has 19 heteroatoms. The maximum atomic E-state index is 14.1. The lowest BCUT2D eigenvalue weighted by atomic mass is 9.88. The number of sulfone groups is 1. The van der Waals surface area contributed by atoms with Gasteiger partial charge in [-0.15, -0.1) is 5.10 Å². The van der Waals surface area contributed by atoms with Gasteiger partial charge in [0.1, 0.15) is 24.4 Å². The van der Waals surface area contributed by atoms with E-state index in [9.17, 15) is 23.2 Å². The van der Waals surface area contributed by atoms with Crippen LogP contribution in [0, 0.1) is 5.21 Å². The van der Waals surface area contributed by atoms with Crippen molar-refractivity contribution >= 4 is 32.7 Å². The van der Waals surface area contributed by atoms with Crippen LogP contribution in [0.4, 0.5) is 4.79 Å². The zero-order chi connectivity index (χ0) is 37.0. The van der Waals surface area contributed by atoms with Crippen molar-refractivity contribution in [2.45, 2.75) is 41.5 Å². The van der Waals surface area contributed by atoms with Crippen molar-refractivity contribution in [3.8, 4) is 17.4 Å². The Morgan fingerprint density at radius 2 is 1.80 bits per heavy atom. The largest absolute Gasteiger partial charge is 0.454 e. The quantitative estimate of drug-likeness (QED) is 0.108. The molecule has 1 N–H and O–H groups in total. The molecule has 0 radical (unpaired) electrons. The average molecular weight is 755 g/mol. The molecule has 2 atom stereocenters. The Morgan fingerprint density at radius 1 is 0.981 bits per heavy atom. The Hall–Kier alpha value is -6.47. The number of hydrogen-bond donors (Lipinski definition) is 1. The minimum Gasteiger partial charge on any atom is -0.454 e. The molecule has 9 rings (SSSR count). The summed E-state index contributed by atoms with van der Waals surface area (Å²) in [4.78, 5) is 34.1. The van der Waals surface area contributed by atoms with E-state index in [2.05, 4.69) is 25.1 Å². The summed E-state index contributed by atoms with van der Waals surface area (Å²) in [5.74, 6) is 0.384. The second-order valence-corrected chi connectivity index (χ2v) is 14.6. The highest BCUT2D eigenvalue weighted by Crippen LogP contribution is 2.46. The number of aromatic amines is 1. The maximum absolute atomic E-state index is 14.1. The van der Waals surface area contributed by atoms with E-state index in [0.29, 0.717) is 23.6 Å². The monoisotopic (exact) mass is 754 g/mol. The Bertz CT molecular complexity index is 2520. The van der Waals surface area contributed by atoms with E-state index in [1.807, 2.05) is 42.5 Å². The zero-order valence-electron chi connectivity index (χ0n) is 28.2. The van der Waals surface area contributed by atoms with Crippen molar-refractivity contribution < 1.29 is 46.5 Å². The first-order valence-electron chi connectivity index (χ1n) is 16.9. The number of nitrogens with one attached hydrogen (secondary N) is 1. The molecule has 54 heavy (non-hydrogen) atoms. The summed E-state index contributed by atoms with van der Waals surface area (Å²) in [6.07, 6.45) is 1.99. The Labute approximate surface area is 305 Å². The molecule has 6 heterocycles. The minimum atomic E-state index is -4.24. The molecular formula is C35H30N8O10S. The molecule has 0 unspecified atom stereocenters. The zero-order valence-corrected chi connectivity index (χ0v) is 29.0. The summed E-state index contributed by atoms with van der Waals surface area (Å²) < 4.78 is 54.0. The molecule has 3 aliphatic heterocycles. The average Bonchev–Trinajstić information content (AvgIpc) is 4.02. The van der Waals surface area contributed by atoms with Crippen LogP contribution in [-0.2, 0) is 38.9 Å². The summed E-state index contributed by atoms with van der Waals surface area (Å²) in [7, 11) is -4.24. The van der Waals surface area contributed by atoms with Crippen molar-refractivity contribution in [1.29, 1.82) is 0 Å². The number of ether oxygens (including phenoxy) is 4. The van der Waals surface area contributed by atoms with E-state index in [-0.39, 0.29) is 55.4 Å². The highest BCUT2D eigenvalue weighted by molar-refractivity contribution is 7.91. The van der Waals surface area contributed by atoms with Gasteiger partial charge in [-0.25, -0.2) is 17.9 Å². The number of aromatic nitrogens is 6. The number of fused-ring (bicyclic) bond motifs is 5. The molecular weight excluding hydrogens is 724 g/mol. The number of carbonyl (C=O) groups excluding carboxylic acids is 2. The van der Waals surface area contributed by atoms with Crippen molar-refractivity contribution in [3.63, 3.8) is 0 Å². The predicted octanol–water partition coefficient (Wildman–Crippen LogP) is 2.52. The van der Waals surface area contributed by atoms with Gasteiger partial charge in [0.15, 0.2) is 11.5 Å². The van der Waals surface area contributed by atoms with Crippen molar-refractivity contribution in [1.82, 2.24) is 34.9 Å². The van der Waals surface area contributed by atoms with Crippen molar-refractivity contribution in [2.24, 2.45) is 0 Å². The van der Waals surface area contributed by atoms with Crippen LogP contribution >= 0.6 is 0 Å². The van der Waals surface area contributed by atoms with Gasteiger partial charge in [0, 0.05) is 23.0 Å². The molecule has 0 spiro atoms. The number of para-hydroxylation sites is 1. The van der Waals surface area contributed by atoms with Gasteiger partial charge >= 0.3 is 16.9 Å². The topological polar surface area (TPSA) is 211 Å². The number of amides is 3. The summed E-state index contributed by atoms with van der Waals surface area (Å²) >= 11 is 0. The molecule has 1 fully saturated rings. The Morgan fingerprint density at radius 3 is 2.67 bits per heavy atom. The third-order valence-corrected chi connectivity index (χ3v) is 11.3. The number of imide groups is 1. The molecule has 0 bridgehead atoms. The number of rotatable bonds is 12. The van der Waals surface area contributed by atoms with E-state index in [0.717, 1.165) is 27.7 Å². The van der Waals surface area contributed by atoms with Gasteiger partial charge in [0.05, 0.1) is 42.6 Å². The molecule has 1 saturated heterocycles. The lowest BCUT2D eigenvalue weighted by molar-refractivity contribution is -0.832. The minimum absolute atomic E-state index is 0.0218. The summed E-state index contributed by atoms with van der Waals surface area (Å²) in [5.41, 5.74) is 3.95. The van der Waals surface area contributed by atoms with Crippen LogP contribution in [0.25, 0.3) is 10.9 Å². The second kappa shape index (κ2) is 13.2. The van der Waals surface area contributed by atoms with E-state index in [1.54, 1.807) is 17.2 Å². The SMILES string of the molecule is O=C1[C@@H]2Cc3c([nH]c4ccccc34)[C@@H](c3ccc4c(c3)OCO4)N2C(=O)N1Cc1cn(CCOCCOc2no[n+]([O-])c2S(=O)(=O)c2ccccc2)nn1. The highest BCUT2D eigenvalue weighted by atomic mass is 32.2. The third kappa shape index (κ3) is 5.64. The Balaban J connectivity index is 0.842. The number of benzene rings is 3. The second-order valence-electron chi connectivity index (χ2n) is 12.7. The summed E-state index contributed by atoms with van der Waals surface area (Å²) in [6.45, 7) is 0.368. The lowest BCUT2D eigenvalue weighted by Gasteiger charge is -2.36. The smallest absolute Gasteiger partial charge is 0.415 e. The van der Waals surface area contributed by atoms with Gasteiger partial charge in [-0.1, -0.05) is 47.7 Å². The van der Waals surface area contributed by atoms with Crippen LogP contribution < -0.4 is 19.1 Å². The van der Waals surface area contributed by atoms with Gasteiger partial charge in [0.2, 0.25) is 6.79 Å². The fraction of sp³-hybridized carbons (Fsp3) is 0.257. The van der Waals surface area contributed by atoms with E-state index in [4.69, 9.17) is 18.9 Å². The van der Waals surface area contributed by atoms with Crippen molar-refractivity contribution in [3.05, 3.63) is 107 Å². The number of nitrogens with zero attached hydrogens (tertiary/aromatic N) is 7. The molecule has 0 aliphatic carbocycles. The first-order valence-corrected chi connectivity index (χ1v) is 18.4. The van der Waals surface area contributed by atoms with Gasteiger partial charge in [-0.05, 0) is 46.4 Å². The Kier molecular flexibility index (Phi) is 8.15. The van der Waals surface area contributed by atoms with Gasteiger partial charge < -0.3 is 29.1 Å². The first kappa shape index (κ1) is 33.4. The van der Waals surface area contributed by atoms with E-state index >= 15 is 0 Å². The van der Waals surface area contributed by atoms with Crippen LogP contribution in [0.1, 0.15) is 28.6 Å². The molecule has 18 nitrogen and oxygen atoms in total. The third-order valence-electron chi connectivity index (χ3n) is 9.54. The summed E-state index contributed by atoms with van der Waals surface area (Å²) in [5, 5.41) is 24.1. The predicted molar refractivity (Wildman–Crippen MR) is 182 cm³/mol. The maximum Gasteiger partial charge on any atom is 0.415 e. The molecule has 3 amide bonds. The number of carbonyl (C=O) groups is 2. The van der Waals surface area contributed by atoms with Crippen LogP contribution in [0.2, 0.25) is 0 Å². The number of H-pyrrole nitrogens is 1. The van der Waals surface area contributed by atoms with Crippen LogP contribution in [0.15, 0.2) is 93.5 Å². The molecule has 276 valence electrons. The number of urea groups is 1. The van der Waals surface area contributed by atoms with E-state index < -0.39 is 38.9 Å².